The van der Waals surface area contributed by atoms with Gasteiger partial charge in [0.15, 0.2) is 0 Å². The number of unbranched alkanes of at least 4 members (excludes halogenated alkanes) is 6. The van der Waals surface area contributed by atoms with Gasteiger partial charge >= 0.3 is 0 Å². The normalized spacial score (nSPS) is 19.6. The monoisotopic (exact) mass is 662 g/mol. The lowest BCUT2D eigenvalue weighted by Crippen LogP contribution is -2.27. The number of rotatable bonds is 12. The van der Waals surface area contributed by atoms with Crippen molar-refractivity contribution < 1.29 is 0 Å². The highest BCUT2D eigenvalue weighted by Gasteiger charge is 2.45. The zero-order valence-corrected chi connectivity index (χ0v) is 24.4. The van der Waals surface area contributed by atoms with Gasteiger partial charge in [0, 0.05) is 20.5 Å². The van der Waals surface area contributed by atoms with E-state index in [4.69, 9.17) is 0 Å². The highest BCUT2D eigenvalue weighted by molar-refractivity contribution is 9.11. The summed E-state index contributed by atoms with van der Waals surface area (Å²) in [6.07, 6.45) is 16.7. The maximum Gasteiger partial charge on any atom is 0.0212 e. The predicted octanol–water partition coefficient (Wildman–Crippen LogP) is 10.5. The summed E-state index contributed by atoms with van der Waals surface area (Å²) >= 11 is 14.9. The number of fused-ring (bicyclic) bond motifs is 2. The van der Waals surface area contributed by atoms with Crippen LogP contribution >= 0.6 is 63.7 Å². The lowest BCUT2D eigenvalue weighted by Gasteiger charge is -2.35. The van der Waals surface area contributed by atoms with Gasteiger partial charge in [-0.25, -0.2) is 0 Å². The zero-order valence-electron chi connectivity index (χ0n) is 18.1. The molecular formula is C26H34Br4. The summed E-state index contributed by atoms with van der Waals surface area (Å²) < 4.78 is 2.60. The van der Waals surface area contributed by atoms with Crippen LogP contribution in [-0.2, 0) is 5.41 Å². The smallest absolute Gasteiger partial charge is 0.0212 e. The fraction of sp³-hybridized carbons (Fsp3) is 0.615. The molecule has 0 spiro atoms. The molecule has 2 aliphatic carbocycles. The molecule has 1 aromatic rings. The van der Waals surface area contributed by atoms with Crippen LogP contribution in [0.25, 0.3) is 5.57 Å². The maximum atomic E-state index is 3.89. The minimum atomic E-state index is 0.185. The fourth-order valence-electron chi connectivity index (χ4n) is 5.47. The van der Waals surface area contributed by atoms with Gasteiger partial charge in [-0.15, -0.1) is 0 Å². The molecule has 1 aromatic carbocycles. The molecule has 0 aromatic heterocycles. The summed E-state index contributed by atoms with van der Waals surface area (Å²) in [5, 5.41) is 2.26. The summed E-state index contributed by atoms with van der Waals surface area (Å²) in [6.45, 7) is 2.41. The second-order valence-electron chi connectivity index (χ2n) is 9.00. The van der Waals surface area contributed by atoms with Gasteiger partial charge in [0.2, 0.25) is 0 Å². The summed E-state index contributed by atoms with van der Waals surface area (Å²) in [5.74, 6) is 0.586. The summed E-state index contributed by atoms with van der Waals surface area (Å²) in [4.78, 5) is 0. The highest BCUT2D eigenvalue weighted by atomic mass is 79.9. The third-order valence-electron chi connectivity index (χ3n) is 6.86. The molecule has 0 amide bonds. The molecule has 1 unspecified atom stereocenters. The Labute approximate surface area is 217 Å². The van der Waals surface area contributed by atoms with Crippen LogP contribution in [0.4, 0.5) is 0 Å². The SMILES string of the molecule is CC1CC(Br)=CC2=C1c1ccc(Br)cc1C2(CCCCCCBr)CCCCCCBr. The first-order valence-corrected chi connectivity index (χ1v) is 15.4. The second-order valence-corrected chi connectivity index (χ2v) is 12.5. The Morgan fingerprint density at radius 3 is 2.07 bits per heavy atom. The second kappa shape index (κ2) is 12.2. The first kappa shape index (κ1) is 25.2. The van der Waals surface area contributed by atoms with E-state index in [1.165, 1.54) is 78.7 Å². The van der Waals surface area contributed by atoms with E-state index in [1.54, 1.807) is 16.7 Å². The van der Waals surface area contributed by atoms with Gasteiger partial charge in [-0.1, -0.05) is 115 Å². The van der Waals surface area contributed by atoms with Crippen LogP contribution in [0.1, 0.15) is 88.7 Å². The van der Waals surface area contributed by atoms with Crippen LogP contribution in [0.5, 0.6) is 0 Å². The number of halogens is 4. The van der Waals surface area contributed by atoms with Gasteiger partial charge in [0.05, 0.1) is 0 Å². The highest BCUT2D eigenvalue weighted by Crippen LogP contribution is 2.58. The zero-order chi connectivity index (χ0) is 21.6. The molecule has 0 saturated carbocycles. The standard InChI is InChI=1S/C26H34Br4/c1-19-16-21(30)18-24-25(19)22-11-10-20(29)17-23(22)26(24,12-6-2-4-8-14-27)13-7-3-5-9-15-28/h10-11,17-19H,2-9,12-16H2,1H3. The Hall–Kier alpha value is 0.620. The van der Waals surface area contributed by atoms with Crippen LogP contribution in [0.3, 0.4) is 0 Å². The largest absolute Gasteiger partial charge is 0.0928 e. The molecule has 0 heterocycles. The molecule has 0 aliphatic heterocycles. The Morgan fingerprint density at radius 1 is 0.867 bits per heavy atom. The van der Waals surface area contributed by atoms with Crippen molar-refractivity contribution >= 4 is 69.3 Å². The molecule has 4 heteroatoms. The van der Waals surface area contributed by atoms with Gasteiger partial charge in [-0.05, 0) is 83.0 Å². The Morgan fingerprint density at radius 2 is 1.47 bits per heavy atom. The molecule has 0 fully saturated rings. The lowest BCUT2D eigenvalue weighted by molar-refractivity contribution is 0.397. The average Bonchev–Trinajstić information content (AvgIpc) is 2.97. The van der Waals surface area contributed by atoms with E-state index in [-0.39, 0.29) is 5.41 Å². The molecule has 0 bridgehead atoms. The summed E-state index contributed by atoms with van der Waals surface area (Å²) in [7, 11) is 0. The van der Waals surface area contributed by atoms with Gasteiger partial charge < -0.3 is 0 Å². The minimum Gasteiger partial charge on any atom is -0.0928 e. The van der Waals surface area contributed by atoms with Crippen molar-refractivity contribution in [2.75, 3.05) is 10.7 Å². The average molecular weight is 666 g/mol. The fourth-order valence-corrected chi connectivity index (χ4v) is 7.33. The molecule has 0 radical (unpaired) electrons. The Kier molecular flexibility index (Phi) is 10.3. The van der Waals surface area contributed by atoms with Gasteiger partial charge in [0.25, 0.3) is 0 Å². The summed E-state index contributed by atoms with van der Waals surface area (Å²) in [5.41, 5.74) is 6.56. The van der Waals surface area contributed by atoms with Crippen molar-refractivity contribution in [2.24, 2.45) is 5.92 Å². The maximum absolute atomic E-state index is 3.89. The molecule has 166 valence electrons. The molecule has 0 N–H and O–H groups in total. The van der Waals surface area contributed by atoms with Crippen molar-refractivity contribution in [1.82, 2.24) is 0 Å². The molecule has 2 aliphatic rings. The molecule has 3 rings (SSSR count). The lowest BCUT2D eigenvalue weighted by atomic mass is 9.68. The number of benzene rings is 1. The van der Waals surface area contributed by atoms with Crippen molar-refractivity contribution in [1.29, 1.82) is 0 Å². The first-order chi connectivity index (χ1) is 14.5. The van der Waals surface area contributed by atoms with Gasteiger partial charge in [0.1, 0.15) is 0 Å². The van der Waals surface area contributed by atoms with Crippen LogP contribution in [0.15, 0.2) is 38.8 Å². The number of allylic oxidation sites excluding steroid dienone is 4. The van der Waals surface area contributed by atoms with Crippen molar-refractivity contribution in [3.63, 3.8) is 0 Å². The predicted molar refractivity (Wildman–Crippen MR) is 147 cm³/mol. The molecular weight excluding hydrogens is 632 g/mol. The first-order valence-electron chi connectivity index (χ1n) is 11.6. The van der Waals surface area contributed by atoms with Gasteiger partial charge in [-0.3, -0.25) is 0 Å². The van der Waals surface area contributed by atoms with E-state index >= 15 is 0 Å². The van der Waals surface area contributed by atoms with Crippen molar-refractivity contribution in [3.05, 3.63) is 49.9 Å². The topological polar surface area (TPSA) is 0 Å². The van der Waals surface area contributed by atoms with Crippen LogP contribution in [0.2, 0.25) is 0 Å². The molecule has 1 atom stereocenters. The third-order valence-corrected chi connectivity index (χ3v) is 9.03. The van der Waals surface area contributed by atoms with E-state index < -0.39 is 0 Å². The summed E-state index contributed by atoms with van der Waals surface area (Å²) in [6, 6.07) is 7.07. The van der Waals surface area contributed by atoms with Crippen molar-refractivity contribution in [3.8, 4) is 0 Å². The van der Waals surface area contributed by atoms with Crippen molar-refractivity contribution in [2.45, 2.75) is 83.0 Å². The number of alkyl halides is 2. The minimum absolute atomic E-state index is 0.185. The Balaban J connectivity index is 1.95. The van der Waals surface area contributed by atoms with E-state index in [0.29, 0.717) is 5.92 Å². The van der Waals surface area contributed by atoms with Gasteiger partial charge in [-0.2, -0.15) is 0 Å². The Bertz CT molecular complexity index is 763. The quantitative estimate of drug-likeness (QED) is 0.154. The molecule has 0 nitrogen and oxygen atoms in total. The van der Waals surface area contributed by atoms with Crippen LogP contribution < -0.4 is 0 Å². The van der Waals surface area contributed by atoms with E-state index in [2.05, 4.69) is 94.9 Å². The number of hydrogen-bond donors (Lipinski definition) is 0. The van der Waals surface area contributed by atoms with E-state index in [9.17, 15) is 0 Å². The van der Waals surface area contributed by atoms with E-state index in [0.717, 1.165) is 17.1 Å². The molecule has 0 saturated heterocycles. The molecule has 30 heavy (non-hydrogen) atoms. The van der Waals surface area contributed by atoms with Crippen LogP contribution in [-0.4, -0.2) is 10.7 Å². The van der Waals surface area contributed by atoms with E-state index in [1.807, 2.05) is 0 Å². The van der Waals surface area contributed by atoms with Crippen LogP contribution in [0, 0.1) is 5.92 Å². The number of hydrogen-bond acceptors (Lipinski definition) is 0. The third kappa shape index (κ3) is 5.75.